The summed E-state index contributed by atoms with van der Waals surface area (Å²) in [6.07, 6.45) is 4.45. The van der Waals surface area contributed by atoms with Crippen LogP contribution in [0.3, 0.4) is 0 Å². The van der Waals surface area contributed by atoms with Crippen molar-refractivity contribution in [2.24, 2.45) is 0 Å². The minimum atomic E-state index is 0.0989. The highest BCUT2D eigenvalue weighted by Crippen LogP contribution is 2.31. The summed E-state index contributed by atoms with van der Waals surface area (Å²) in [6, 6.07) is 21.8. The number of hydrogen-bond acceptors (Lipinski definition) is 4. The third kappa shape index (κ3) is 4.82. The van der Waals surface area contributed by atoms with Crippen molar-refractivity contribution in [2.45, 2.75) is 32.6 Å². The van der Waals surface area contributed by atoms with Gasteiger partial charge in [-0.1, -0.05) is 31.0 Å². The molecule has 1 aromatic heterocycles. The first kappa shape index (κ1) is 20.0. The molecule has 4 aromatic rings. The van der Waals surface area contributed by atoms with E-state index in [1.807, 2.05) is 54.6 Å². The van der Waals surface area contributed by atoms with Crippen LogP contribution >= 0.6 is 0 Å². The topological polar surface area (TPSA) is 51.5 Å². The van der Waals surface area contributed by atoms with Gasteiger partial charge in [-0.2, -0.15) is 0 Å². The van der Waals surface area contributed by atoms with Crippen molar-refractivity contribution < 1.29 is 13.9 Å². The van der Waals surface area contributed by atoms with Crippen LogP contribution in [0.4, 0.5) is 5.69 Å². The Morgan fingerprint density at radius 3 is 2.47 bits per heavy atom. The molecule has 0 aliphatic heterocycles. The van der Waals surface area contributed by atoms with Gasteiger partial charge in [-0.3, -0.25) is 4.79 Å². The lowest BCUT2D eigenvalue weighted by Gasteiger charge is -2.08. The van der Waals surface area contributed by atoms with Gasteiger partial charge in [-0.25, -0.2) is 0 Å². The fourth-order valence-corrected chi connectivity index (χ4v) is 3.62. The van der Waals surface area contributed by atoms with Crippen molar-refractivity contribution in [1.82, 2.24) is 0 Å². The van der Waals surface area contributed by atoms with Gasteiger partial charge in [0, 0.05) is 28.6 Å². The summed E-state index contributed by atoms with van der Waals surface area (Å²) < 4.78 is 11.8. The standard InChI is InChI=1S/C26H27NO3/c1-19(28)20-10-12-21(13-11-20)27-16-6-2-3-7-17-29-22-14-15-26-24(18-22)23-8-4-5-9-25(23)30-26/h4-5,8-15,18,27H,2-3,6-7,16-17H2,1H3. The molecule has 0 aliphatic rings. The van der Waals surface area contributed by atoms with Crippen LogP contribution in [0.2, 0.25) is 0 Å². The molecule has 0 radical (unpaired) electrons. The molecule has 1 N–H and O–H groups in total. The number of benzene rings is 3. The number of nitrogens with one attached hydrogen (secondary N) is 1. The lowest BCUT2D eigenvalue weighted by atomic mass is 10.1. The summed E-state index contributed by atoms with van der Waals surface area (Å²) in [4.78, 5) is 11.3. The van der Waals surface area contributed by atoms with Crippen molar-refractivity contribution in [3.8, 4) is 5.75 Å². The average Bonchev–Trinajstić information content (AvgIpc) is 3.14. The zero-order valence-corrected chi connectivity index (χ0v) is 17.3. The van der Waals surface area contributed by atoms with Crippen molar-refractivity contribution >= 4 is 33.4 Å². The van der Waals surface area contributed by atoms with E-state index in [1.165, 1.54) is 0 Å². The van der Waals surface area contributed by atoms with Gasteiger partial charge in [0.25, 0.3) is 0 Å². The summed E-state index contributed by atoms with van der Waals surface area (Å²) in [6.45, 7) is 3.25. The second kappa shape index (κ2) is 9.49. The van der Waals surface area contributed by atoms with Gasteiger partial charge in [0.2, 0.25) is 0 Å². The highest BCUT2D eigenvalue weighted by molar-refractivity contribution is 6.05. The number of hydrogen-bond donors (Lipinski definition) is 1. The van der Waals surface area contributed by atoms with E-state index in [1.54, 1.807) is 6.92 Å². The molecule has 0 fully saturated rings. The summed E-state index contributed by atoms with van der Waals surface area (Å²) in [7, 11) is 0. The lowest BCUT2D eigenvalue weighted by molar-refractivity contribution is 0.101. The SMILES string of the molecule is CC(=O)c1ccc(NCCCCCCOc2ccc3oc4ccccc4c3c2)cc1. The molecule has 0 spiro atoms. The maximum Gasteiger partial charge on any atom is 0.159 e. The van der Waals surface area contributed by atoms with E-state index in [-0.39, 0.29) is 5.78 Å². The van der Waals surface area contributed by atoms with Crippen molar-refractivity contribution in [1.29, 1.82) is 0 Å². The average molecular weight is 402 g/mol. The fraction of sp³-hybridized carbons (Fsp3) is 0.269. The molecule has 3 aromatic carbocycles. The largest absolute Gasteiger partial charge is 0.494 e. The number of furan rings is 1. The molecule has 0 amide bonds. The van der Waals surface area contributed by atoms with Crippen LogP contribution in [0.15, 0.2) is 71.1 Å². The number of para-hydroxylation sites is 1. The van der Waals surface area contributed by atoms with E-state index in [2.05, 4.69) is 17.4 Å². The number of unbranched alkanes of at least 4 members (excludes halogenated alkanes) is 3. The zero-order chi connectivity index (χ0) is 20.8. The molecule has 154 valence electrons. The number of ether oxygens (including phenoxy) is 1. The smallest absolute Gasteiger partial charge is 0.159 e. The van der Waals surface area contributed by atoms with E-state index >= 15 is 0 Å². The summed E-state index contributed by atoms with van der Waals surface area (Å²) in [5.41, 5.74) is 3.62. The monoisotopic (exact) mass is 401 g/mol. The van der Waals surface area contributed by atoms with Crippen LogP contribution in [0.5, 0.6) is 5.75 Å². The third-order valence-corrected chi connectivity index (χ3v) is 5.31. The second-order valence-corrected chi connectivity index (χ2v) is 7.58. The van der Waals surface area contributed by atoms with Gasteiger partial charge in [0.15, 0.2) is 5.78 Å². The summed E-state index contributed by atoms with van der Waals surface area (Å²) in [5, 5.41) is 5.63. The minimum Gasteiger partial charge on any atom is -0.494 e. The molecule has 0 saturated carbocycles. The van der Waals surface area contributed by atoms with Gasteiger partial charge >= 0.3 is 0 Å². The van der Waals surface area contributed by atoms with E-state index in [9.17, 15) is 4.79 Å². The summed E-state index contributed by atoms with van der Waals surface area (Å²) in [5.74, 6) is 0.992. The number of ketones is 1. The van der Waals surface area contributed by atoms with Crippen molar-refractivity contribution in [2.75, 3.05) is 18.5 Å². The lowest BCUT2D eigenvalue weighted by Crippen LogP contribution is -2.02. The molecule has 0 bridgehead atoms. The molecule has 0 aliphatic carbocycles. The molecule has 4 heteroatoms. The predicted octanol–water partition coefficient (Wildman–Crippen LogP) is 6.84. The van der Waals surface area contributed by atoms with Crippen molar-refractivity contribution in [3.63, 3.8) is 0 Å². The van der Waals surface area contributed by atoms with Crippen LogP contribution in [-0.2, 0) is 0 Å². The number of carbonyl (C=O) groups is 1. The Morgan fingerprint density at radius 2 is 1.63 bits per heavy atom. The number of carbonyl (C=O) groups excluding carboxylic acids is 1. The van der Waals surface area contributed by atoms with Crippen LogP contribution in [0.1, 0.15) is 43.0 Å². The molecule has 0 saturated heterocycles. The van der Waals surface area contributed by atoms with Gasteiger partial charge < -0.3 is 14.5 Å². The molecule has 30 heavy (non-hydrogen) atoms. The molecular weight excluding hydrogens is 374 g/mol. The number of anilines is 1. The van der Waals surface area contributed by atoms with Gasteiger partial charge in [0.1, 0.15) is 16.9 Å². The number of rotatable bonds is 10. The maximum absolute atomic E-state index is 11.3. The molecule has 0 atom stereocenters. The highest BCUT2D eigenvalue weighted by Gasteiger charge is 2.07. The molecule has 1 heterocycles. The first-order valence-electron chi connectivity index (χ1n) is 10.6. The first-order chi connectivity index (χ1) is 14.7. The highest BCUT2D eigenvalue weighted by atomic mass is 16.5. The molecule has 4 rings (SSSR count). The molecular formula is C26H27NO3. The molecule has 0 unspecified atom stereocenters. The van der Waals surface area contributed by atoms with Gasteiger partial charge in [-0.05, 0) is 68.3 Å². The van der Waals surface area contributed by atoms with Crippen LogP contribution in [0.25, 0.3) is 21.9 Å². The van der Waals surface area contributed by atoms with Crippen LogP contribution in [-0.4, -0.2) is 18.9 Å². The first-order valence-corrected chi connectivity index (χ1v) is 10.6. The van der Waals surface area contributed by atoms with E-state index < -0.39 is 0 Å². The second-order valence-electron chi connectivity index (χ2n) is 7.58. The Morgan fingerprint density at radius 1 is 0.867 bits per heavy atom. The van der Waals surface area contributed by atoms with Gasteiger partial charge in [-0.15, -0.1) is 0 Å². The Hall–Kier alpha value is -3.27. The van der Waals surface area contributed by atoms with Crippen LogP contribution in [0, 0.1) is 0 Å². The zero-order valence-electron chi connectivity index (χ0n) is 17.3. The maximum atomic E-state index is 11.3. The predicted molar refractivity (Wildman–Crippen MR) is 123 cm³/mol. The Balaban J connectivity index is 1.15. The van der Waals surface area contributed by atoms with E-state index in [4.69, 9.17) is 9.15 Å². The normalized spacial score (nSPS) is 11.1. The Labute approximate surface area is 176 Å². The Kier molecular flexibility index (Phi) is 6.33. The number of fused-ring (bicyclic) bond motifs is 3. The minimum absolute atomic E-state index is 0.0989. The van der Waals surface area contributed by atoms with E-state index in [0.29, 0.717) is 0 Å². The Bertz CT molecular complexity index is 1130. The quantitative estimate of drug-likeness (QED) is 0.233. The van der Waals surface area contributed by atoms with Crippen molar-refractivity contribution in [3.05, 3.63) is 72.3 Å². The molecule has 4 nitrogen and oxygen atoms in total. The third-order valence-electron chi connectivity index (χ3n) is 5.31. The van der Waals surface area contributed by atoms with E-state index in [0.717, 1.165) is 77.8 Å². The van der Waals surface area contributed by atoms with Gasteiger partial charge in [0.05, 0.1) is 6.61 Å². The summed E-state index contributed by atoms with van der Waals surface area (Å²) >= 11 is 0. The number of Topliss-reactive ketones (excluding diaryl/α,β-unsaturated/α-hetero) is 1. The fourth-order valence-electron chi connectivity index (χ4n) is 3.62. The van der Waals surface area contributed by atoms with Crippen LogP contribution < -0.4 is 10.1 Å².